The van der Waals surface area contributed by atoms with Gasteiger partial charge in [0.1, 0.15) is 5.82 Å². The van der Waals surface area contributed by atoms with Crippen LogP contribution in [0.15, 0.2) is 17.2 Å². The third-order valence-corrected chi connectivity index (χ3v) is 2.91. The summed E-state index contributed by atoms with van der Waals surface area (Å²) in [4.78, 5) is 10.9. The summed E-state index contributed by atoms with van der Waals surface area (Å²) in [6.45, 7) is 1.62. The van der Waals surface area contributed by atoms with Crippen LogP contribution < -0.4 is 5.43 Å². The smallest absolute Gasteiger partial charge is 0.240 e. The molecule has 1 aliphatic heterocycles. The quantitative estimate of drug-likeness (QED) is 0.805. The van der Waals surface area contributed by atoms with E-state index in [0.717, 1.165) is 0 Å². The number of carbonyl (C=O) groups is 1. The lowest BCUT2D eigenvalue weighted by atomic mass is 10.0. The molecule has 0 saturated heterocycles. The van der Waals surface area contributed by atoms with Crippen LogP contribution in [-0.2, 0) is 4.79 Å². The Balaban J connectivity index is 2.38. The molecule has 0 radical (unpaired) electrons. The van der Waals surface area contributed by atoms with Gasteiger partial charge in [0.2, 0.25) is 5.91 Å². The van der Waals surface area contributed by atoms with Crippen molar-refractivity contribution in [2.24, 2.45) is 5.10 Å². The zero-order valence-corrected chi connectivity index (χ0v) is 9.44. The normalized spacial score (nSPS) is 15.7. The molecule has 1 heterocycles. The van der Waals surface area contributed by atoms with Gasteiger partial charge in [0.05, 0.1) is 5.71 Å². The Bertz CT molecular complexity index is 462. The molecule has 1 aromatic rings. The Morgan fingerprint density at radius 2 is 2.19 bits per heavy atom. The Hall–Kier alpha value is -1.42. The highest BCUT2D eigenvalue weighted by atomic mass is 35.5. The van der Waals surface area contributed by atoms with E-state index < -0.39 is 0 Å². The van der Waals surface area contributed by atoms with Crippen LogP contribution in [-0.4, -0.2) is 11.6 Å². The molecule has 0 spiro atoms. The minimum Gasteiger partial charge on any atom is -0.273 e. The van der Waals surface area contributed by atoms with Crippen LogP contribution in [0.2, 0.25) is 5.02 Å². The topological polar surface area (TPSA) is 41.5 Å². The van der Waals surface area contributed by atoms with Crippen molar-refractivity contribution in [2.75, 3.05) is 0 Å². The van der Waals surface area contributed by atoms with E-state index in [4.69, 9.17) is 11.6 Å². The second-order valence-corrected chi connectivity index (χ2v) is 4.07. The van der Waals surface area contributed by atoms with Crippen LogP contribution in [0.25, 0.3) is 0 Å². The largest absolute Gasteiger partial charge is 0.273 e. The number of halogens is 2. The minimum atomic E-state index is -0.359. The average Bonchev–Trinajstić information content (AvgIpc) is 2.26. The van der Waals surface area contributed by atoms with Crippen molar-refractivity contribution in [3.63, 3.8) is 0 Å². The van der Waals surface area contributed by atoms with Crippen LogP contribution in [0.1, 0.15) is 24.0 Å². The lowest BCUT2D eigenvalue weighted by Crippen LogP contribution is -2.26. The molecule has 3 nitrogen and oxygen atoms in total. The van der Waals surface area contributed by atoms with Crippen LogP contribution in [0.3, 0.4) is 0 Å². The highest BCUT2D eigenvalue weighted by Gasteiger charge is 2.15. The van der Waals surface area contributed by atoms with Crippen LogP contribution in [0.5, 0.6) is 0 Å². The zero-order valence-electron chi connectivity index (χ0n) is 8.68. The van der Waals surface area contributed by atoms with Gasteiger partial charge in [-0.3, -0.25) is 4.79 Å². The molecule has 1 amide bonds. The number of amides is 1. The van der Waals surface area contributed by atoms with E-state index in [1.807, 2.05) is 0 Å². The predicted molar refractivity (Wildman–Crippen MR) is 60.1 cm³/mol. The molecule has 1 aromatic carbocycles. The number of hydrogen-bond acceptors (Lipinski definition) is 2. The summed E-state index contributed by atoms with van der Waals surface area (Å²) in [5.41, 5.74) is 4.06. The fourth-order valence-electron chi connectivity index (χ4n) is 1.49. The molecule has 2 rings (SSSR count). The fraction of sp³-hybridized carbons (Fsp3) is 0.273. The van der Waals surface area contributed by atoms with Crippen molar-refractivity contribution in [2.45, 2.75) is 19.8 Å². The summed E-state index contributed by atoms with van der Waals surface area (Å²) in [6, 6.07) is 3.05. The van der Waals surface area contributed by atoms with E-state index in [2.05, 4.69) is 10.5 Å². The standard InChI is InChI=1S/C11H10ClFN2O/c1-6-8(12)4-7(5-9(6)13)10-2-3-11(16)15-14-10/h4-5H,2-3H2,1H3,(H,15,16). The molecule has 84 valence electrons. The van der Waals surface area contributed by atoms with Gasteiger partial charge >= 0.3 is 0 Å². The van der Waals surface area contributed by atoms with E-state index in [1.165, 1.54) is 6.07 Å². The van der Waals surface area contributed by atoms with Gasteiger partial charge < -0.3 is 0 Å². The van der Waals surface area contributed by atoms with Crippen molar-refractivity contribution in [3.05, 3.63) is 34.1 Å². The van der Waals surface area contributed by atoms with Crippen molar-refractivity contribution in [3.8, 4) is 0 Å². The average molecular weight is 241 g/mol. The first kappa shape index (κ1) is 11.1. The Morgan fingerprint density at radius 1 is 1.44 bits per heavy atom. The van der Waals surface area contributed by atoms with E-state index >= 15 is 0 Å². The van der Waals surface area contributed by atoms with Crippen molar-refractivity contribution in [1.29, 1.82) is 0 Å². The number of rotatable bonds is 1. The van der Waals surface area contributed by atoms with Crippen LogP contribution in [0.4, 0.5) is 4.39 Å². The minimum absolute atomic E-state index is 0.123. The molecule has 0 unspecified atom stereocenters. The molecule has 1 aliphatic rings. The Kier molecular flexibility index (Phi) is 2.92. The van der Waals surface area contributed by atoms with Gasteiger partial charge in [0, 0.05) is 29.0 Å². The van der Waals surface area contributed by atoms with Gasteiger partial charge in [0.15, 0.2) is 0 Å². The lowest BCUT2D eigenvalue weighted by Gasteiger charge is -2.13. The molecular weight excluding hydrogens is 231 g/mol. The Morgan fingerprint density at radius 3 is 2.75 bits per heavy atom. The first-order valence-corrected chi connectivity index (χ1v) is 5.27. The summed E-state index contributed by atoms with van der Waals surface area (Å²) in [5.74, 6) is -0.482. The maximum absolute atomic E-state index is 13.4. The van der Waals surface area contributed by atoms with E-state index in [-0.39, 0.29) is 11.7 Å². The molecule has 1 N–H and O–H groups in total. The van der Waals surface area contributed by atoms with E-state index in [1.54, 1.807) is 13.0 Å². The molecule has 0 saturated carbocycles. The molecule has 0 bridgehead atoms. The first-order chi connectivity index (χ1) is 7.58. The number of carbonyl (C=O) groups excluding carboxylic acids is 1. The number of nitrogens with zero attached hydrogens (tertiary/aromatic N) is 1. The summed E-state index contributed by atoms with van der Waals surface area (Å²) >= 11 is 5.88. The third-order valence-electron chi connectivity index (χ3n) is 2.52. The molecule has 0 aromatic heterocycles. The molecule has 0 fully saturated rings. The fourth-order valence-corrected chi connectivity index (χ4v) is 1.70. The van der Waals surface area contributed by atoms with Crippen molar-refractivity contribution in [1.82, 2.24) is 5.43 Å². The van der Waals surface area contributed by atoms with E-state index in [9.17, 15) is 9.18 Å². The lowest BCUT2D eigenvalue weighted by molar-refractivity contribution is -0.121. The highest BCUT2D eigenvalue weighted by Crippen LogP contribution is 2.22. The number of hydrogen-bond donors (Lipinski definition) is 1. The maximum Gasteiger partial charge on any atom is 0.240 e. The molecular formula is C11H10ClFN2O. The maximum atomic E-state index is 13.4. The summed E-state index contributed by atoms with van der Waals surface area (Å²) in [5, 5.41) is 4.25. The second kappa shape index (κ2) is 4.22. The zero-order chi connectivity index (χ0) is 11.7. The molecule has 0 aliphatic carbocycles. The highest BCUT2D eigenvalue weighted by molar-refractivity contribution is 6.31. The van der Waals surface area contributed by atoms with Gasteiger partial charge in [-0.1, -0.05) is 11.6 Å². The van der Waals surface area contributed by atoms with Crippen LogP contribution >= 0.6 is 11.6 Å². The molecule has 0 atom stereocenters. The second-order valence-electron chi connectivity index (χ2n) is 3.66. The van der Waals surface area contributed by atoms with Gasteiger partial charge in [-0.05, 0) is 19.1 Å². The molecule has 5 heteroatoms. The van der Waals surface area contributed by atoms with E-state index in [0.29, 0.717) is 34.7 Å². The number of hydrazone groups is 1. The summed E-state index contributed by atoms with van der Waals surface area (Å²) in [6.07, 6.45) is 0.872. The monoisotopic (exact) mass is 240 g/mol. The molecule has 16 heavy (non-hydrogen) atoms. The SMILES string of the molecule is Cc1c(F)cc(C2=NNC(=O)CC2)cc1Cl. The van der Waals surface area contributed by atoms with Gasteiger partial charge in [-0.2, -0.15) is 5.10 Å². The number of benzene rings is 1. The van der Waals surface area contributed by atoms with Gasteiger partial charge in [0.25, 0.3) is 0 Å². The van der Waals surface area contributed by atoms with Crippen LogP contribution in [0, 0.1) is 12.7 Å². The van der Waals surface area contributed by atoms with Crippen molar-refractivity contribution < 1.29 is 9.18 Å². The van der Waals surface area contributed by atoms with Crippen molar-refractivity contribution >= 4 is 23.2 Å². The summed E-state index contributed by atoms with van der Waals surface area (Å²) in [7, 11) is 0. The predicted octanol–water partition coefficient (Wildman–Crippen LogP) is 2.40. The summed E-state index contributed by atoms with van der Waals surface area (Å²) < 4.78 is 13.4. The van der Waals surface area contributed by atoms with Gasteiger partial charge in [-0.25, -0.2) is 9.82 Å². The third kappa shape index (κ3) is 2.07. The Labute approximate surface area is 97.3 Å². The number of nitrogens with one attached hydrogen (secondary N) is 1. The van der Waals surface area contributed by atoms with Gasteiger partial charge in [-0.15, -0.1) is 0 Å². The first-order valence-electron chi connectivity index (χ1n) is 4.89.